The molecule has 2 rings (SSSR count). The third kappa shape index (κ3) is 3.79. The number of halogens is 3. The van der Waals surface area contributed by atoms with E-state index in [-0.39, 0.29) is 12.0 Å². The number of ether oxygens (including phenoxy) is 1. The first kappa shape index (κ1) is 15.9. The van der Waals surface area contributed by atoms with Gasteiger partial charge in [-0.1, -0.05) is 29.3 Å². The molecule has 0 aliphatic carbocycles. The average Bonchev–Trinajstić information content (AvgIpc) is 2.45. The summed E-state index contributed by atoms with van der Waals surface area (Å²) in [5.41, 5.74) is 0.385. The summed E-state index contributed by atoms with van der Waals surface area (Å²) < 4.78 is 5.59. The van der Waals surface area contributed by atoms with Crippen LogP contribution in [0.15, 0.2) is 18.2 Å². The van der Waals surface area contributed by atoms with Crippen molar-refractivity contribution >= 4 is 40.7 Å². The Bertz CT molecular complexity index is 453. The molecular weight excluding hydrogens is 321 g/mol. The highest BCUT2D eigenvalue weighted by atomic mass is 35.5. The predicted molar refractivity (Wildman–Crippen MR) is 82.1 cm³/mol. The highest BCUT2D eigenvalue weighted by molar-refractivity contribution is 6.39. The highest BCUT2D eigenvalue weighted by Crippen LogP contribution is 2.27. The van der Waals surface area contributed by atoms with Gasteiger partial charge in [0.05, 0.1) is 28.3 Å². The van der Waals surface area contributed by atoms with Gasteiger partial charge >= 0.3 is 0 Å². The van der Waals surface area contributed by atoms with Crippen LogP contribution in [-0.2, 0) is 4.74 Å². The van der Waals surface area contributed by atoms with Crippen LogP contribution in [0, 0.1) is 0 Å². The molecule has 1 aliphatic heterocycles. The molecule has 0 bridgehead atoms. The predicted octanol–water partition coefficient (Wildman–Crippen LogP) is 3.85. The summed E-state index contributed by atoms with van der Waals surface area (Å²) >= 11 is 17.7. The van der Waals surface area contributed by atoms with E-state index in [2.05, 4.69) is 0 Å². The number of amides is 1. The van der Waals surface area contributed by atoms with Crippen LogP contribution in [0.4, 0.5) is 0 Å². The van der Waals surface area contributed by atoms with E-state index in [1.165, 1.54) is 0 Å². The van der Waals surface area contributed by atoms with E-state index in [9.17, 15) is 4.79 Å². The van der Waals surface area contributed by atoms with E-state index in [4.69, 9.17) is 39.5 Å². The van der Waals surface area contributed by atoms with E-state index in [1.807, 2.05) is 0 Å². The summed E-state index contributed by atoms with van der Waals surface area (Å²) in [5.74, 6) is 0.380. The van der Waals surface area contributed by atoms with E-state index in [0.717, 1.165) is 12.8 Å². The van der Waals surface area contributed by atoms with Crippen LogP contribution in [0.3, 0.4) is 0 Å². The lowest BCUT2D eigenvalue weighted by molar-refractivity contribution is 0.0154. The Morgan fingerprint density at radius 1 is 1.25 bits per heavy atom. The van der Waals surface area contributed by atoms with Gasteiger partial charge in [-0.3, -0.25) is 4.79 Å². The zero-order valence-corrected chi connectivity index (χ0v) is 13.2. The molecule has 1 fully saturated rings. The number of carbonyl (C=O) groups is 1. The Kier molecular flexibility index (Phi) is 5.97. The van der Waals surface area contributed by atoms with Gasteiger partial charge in [-0.25, -0.2) is 0 Å². The summed E-state index contributed by atoms with van der Waals surface area (Å²) in [6, 6.07) is 5.09. The molecule has 0 atom stereocenters. The monoisotopic (exact) mass is 335 g/mol. The molecule has 0 spiro atoms. The number of nitrogens with zero attached hydrogens (tertiary/aromatic N) is 1. The minimum Gasteiger partial charge on any atom is -0.377 e. The second-order valence-electron chi connectivity index (χ2n) is 4.65. The normalized spacial score (nSPS) is 16.4. The third-order valence-electron chi connectivity index (χ3n) is 3.34. The highest BCUT2D eigenvalue weighted by Gasteiger charge is 2.26. The molecular formula is C14H16Cl3NO2. The molecule has 1 aromatic rings. The van der Waals surface area contributed by atoms with Crippen molar-refractivity contribution in [2.75, 3.05) is 25.6 Å². The van der Waals surface area contributed by atoms with Crippen molar-refractivity contribution in [3.8, 4) is 0 Å². The van der Waals surface area contributed by atoms with Gasteiger partial charge in [0, 0.05) is 19.0 Å². The number of likely N-dealkylation sites (tertiary alicyclic amines) is 1. The smallest absolute Gasteiger partial charge is 0.256 e. The number of carbonyl (C=O) groups excluding carboxylic acids is 1. The fourth-order valence-corrected chi connectivity index (χ4v) is 2.95. The molecule has 0 unspecified atom stereocenters. The second-order valence-corrected chi connectivity index (χ2v) is 5.84. The number of hydrogen-bond donors (Lipinski definition) is 0. The van der Waals surface area contributed by atoms with Crippen molar-refractivity contribution in [3.63, 3.8) is 0 Å². The van der Waals surface area contributed by atoms with E-state index in [0.29, 0.717) is 41.2 Å². The van der Waals surface area contributed by atoms with Crippen molar-refractivity contribution in [2.24, 2.45) is 0 Å². The first-order valence-corrected chi connectivity index (χ1v) is 7.83. The Hall–Kier alpha value is -0.480. The number of hydrogen-bond acceptors (Lipinski definition) is 2. The molecule has 0 saturated carbocycles. The molecule has 1 heterocycles. The molecule has 1 amide bonds. The summed E-state index contributed by atoms with van der Waals surface area (Å²) in [7, 11) is 0. The first-order valence-electron chi connectivity index (χ1n) is 6.54. The Labute approximate surface area is 133 Å². The summed E-state index contributed by atoms with van der Waals surface area (Å²) in [6.45, 7) is 1.84. The van der Waals surface area contributed by atoms with Crippen molar-refractivity contribution in [1.82, 2.24) is 4.90 Å². The van der Waals surface area contributed by atoms with Gasteiger partial charge in [-0.2, -0.15) is 0 Å². The van der Waals surface area contributed by atoms with Crippen LogP contribution in [-0.4, -0.2) is 42.5 Å². The third-order valence-corrected chi connectivity index (χ3v) is 4.12. The topological polar surface area (TPSA) is 29.5 Å². The lowest BCUT2D eigenvalue weighted by Crippen LogP contribution is -2.41. The summed E-state index contributed by atoms with van der Waals surface area (Å²) in [4.78, 5) is 14.2. The molecule has 1 aromatic carbocycles. The molecule has 6 heteroatoms. The Morgan fingerprint density at radius 2 is 1.85 bits per heavy atom. The molecule has 0 aromatic heterocycles. The number of benzene rings is 1. The van der Waals surface area contributed by atoms with Crippen LogP contribution in [0.2, 0.25) is 10.0 Å². The molecule has 0 N–H and O–H groups in total. The molecule has 1 saturated heterocycles. The minimum atomic E-state index is -0.114. The maximum Gasteiger partial charge on any atom is 0.256 e. The van der Waals surface area contributed by atoms with Crippen LogP contribution >= 0.6 is 34.8 Å². The van der Waals surface area contributed by atoms with Crippen LogP contribution in [0.1, 0.15) is 23.2 Å². The zero-order chi connectivity index (χ0) is 14.5. The SMILES string of the molecule is O=C(c1c(Cl)cccc1Cl)N1CCC(OCCCl)CC1. The van der Waals surface area contributed by atoms with Gasteiger partial charge in [-0.05, 0) is 25.0 Å². The molecule has 0 radical (unpaired) electrons. The quantitative estimate of drug-likeness (QED) is 0.782. The fourth-order valence-electron chi connectivity index (χ4n) is 2.30. The standard InChI is InChI=1S/C14H16Cl3NO2/c15-6-9-20-10-4-7-18(8-5-10)14(19)13-11(16)2-1-3-12(13)17/h1-3,10H,4-9H2. The molecule has 110 valence electrons. The summed E-state index contributed by atoms with van der Waals surface area (Å²) in [5, 5.41) is 0.783. The van der Waals surface area contributed by atoms with Crippen molar-refractivity contribution < 1.29 is 9.53 Å². The lowest BCUT2D eigenvalue weighted by atomic mass is 10.1. The Balaban J connectivity index is 1.98. The fraction of sp³-hybridized carbons (Fsp3) is 0.500. The molecule has 20 heavy (non-hydrogen) atoms. The van der Waals surface area contributed by atoms with Gasteiger partial charge in [-0.15, -0.1) is 11.6 Å². The van der Waals surface area contributed by atoms with Crippen LogP contribution in [0.25, 0.3) is 0 Å². The van der Waals surface area contributed by atoms with Crippen molar-refractivity contribution in [1.29, 1.82) is 0 Å². The van der Waals surface area contributed by atoms with Crippen LogP contribution in [0.5, 0.6) is 0 Å². The number of alkyl halides is 1. The van der Waals surface area contributed by atoms with Gasteiger partial charge in [0.2, 0.25) is 0 Å². The van der Waals surface area contributed by atoms with Crippen LogP contribution < -0.4 is 0 Å². The maximum absolute atomic E-state index is 12.5. The lowest BCUT2D eigenvalue weighted by Gasteiger charge is -2.32. The first-order chi connectivity index (χ1) is 9.63. The van der Waals surface area contributed by atoms with Gasteiger partial charge in [0.1, 0.15) is 0 Å². The summed E-state index contributed by atoms with van der Waals surface area (Å²) in [6.07, 6.45) is 1.80. The van der Waals surface area contributed by atoms with Gasteiger partial charge < -0.3 is 9.64 Å². The van der Waals surface area contributed by atoms with E-state index < -0.39 is 0 Å². The second kappa shape index (κ2) is 7.51. The van der Waals surface area contributed by atoms with Gasteiger partial charge in [0.25, 0.3) is 5.91 Å². The van der Waals surface area contributed by atoms with Crippen molar-refractivity contribution in [3.05, 3.63) is 33.8 Å². The number of piperidine rings is 1. The van der Waals surface area contributed by atoms with Gasteiger partial charge in [0.15, 0.2) is 0 Å². The Morgan fingerprint density at radius 3 is 2.40 bits per heavy atom. The zero-order valence-electron chi connectivity index (χ0n) is 10.9. The maximum atomic E-state index is 12.5. The van der Waals surface area contributed by atoms with E-state index >= 15 is 0 Å². The largest absolute Gasteiger partial charge is 0.377 e. The average molecular weight is 337 g/mol. The molecule has 1 aliphatic rings. The minimum absolute atomic E-state index is 0.114. The number of rotatable bonds is 4. The van der Waals surface area contributed by atoms with E-state index in [1.54, 1.807) is 23.1 Å². The van der Waals surface area contributed by atoms with Crippen molar-refractivity contribution in [2.45, 2.75) is 18.9 Å². The molecule has 3 nitrogen and oxygen atoms in total.